The summed E-state index contributed by atoms with van der Waals surface area (Å²) in [6.45, 7) is 2.03. The fraction of sp³-hybridized carbons (Fsp3) is 0.250. The largest absolute Gasteiger partial charge is 0.508 e. The lowest BCUT2D eigenvalue weighted by molar-refractivity contribution is -0.137. The van der Waals surface area contributed by atoms with Crippen molar-refractivity contribution in [1.82, 2.24) is 4.90 Å². The van der Waals surface area contributed by atoms with Crippen LogP contribution >= 0.6 is 23.2 Å². The zero-order valence-electron chi connectivity index (χ0n) is 20.1. The van der Waals surface area contributed by atoms with E-state index in [0.29, 0.717) is 34.1 Å². The Morgan fingerprint density at radius 2 is 1.65 bits per heavy atom. The van der Waals surface area contributed by atoms with Crippen LogP contribution in [0.15, 0.2) is 66.7 Å². The number of unbranched alkanes of at least 4 members (excludes halogenated alkanes) is 1. The Balaban J connectivity index is 1.86. The van der Waals surface area contributed by atoms with Crippen molar-refractivity contribution in [3.63, 3.8) is 0 Å². The van der Waals surface area contributed by atoms with Gasteiger partial charge in [-0.1, -0.05) is 53.5 Å². The van der Waals surface area contributed by atoms with Crippen LogP contribution in [0.2, 0.25) is 10.0 Å². The molecule has 1 heterocycles. The molecule has 0 spiro atoms. The molecule has 0 saturated carbocycles. The fourth-order valence-electron chi connectivity index (χ4n) is 4.64. The van der Waals surface area contributed by atoms with Gasteiger partial charge >= 0.3 is 5.97 Å². The maximum atomic E-state index is 14.3. The molecule has 3 aromatic rings. The maximum Gasteiger partial charge on any atom is 0.303 e. The number of anilines is 1. The summed E-state index contributed by atoms with van der Waals surface area (Å²) >= 11 is 12.2. The number of halogens is 2. The predicted octanol–water partition coefficient (Wildman–Crippen LogP) is 6.25. The first-order valence-corrected chi connectivity index (χ1v) is 12.6. The highest BCUT2D eigenvalue weighted by Crippen LogP contribution is 2.42. The number of rotatable bonds is 8. The minimum atomic E-state index is -1.16. The summed E-state index contributed by atoms with van der Waals surface area (Å²) in [6, 6.07) is 16.6. The number of aromatic hydroxyl groups is 1. The van der Waals surface area contributed by atoms with E-state index in [0.717, 1.165) is 5.56 Å². The molecule has 2 amide bonds. The molecular weight excluding hydrogens is 515 g/mol. The molecule has 1 unspecified atom stereocenters. The number of nitrogens with zero attached hydrogens (tertiary/aromatic N) is 2. The zero-order valence-corrected chi connectivity index (χ0v) is 21.6. The van der Waals surface area contributed by atoms with E-state index < -0.39 is 24.0 Å². The van der Waals surface area contributed by atoms with Gasteiger partial charge in [0.15, 0.2) is 0 Å². The van der Waals surface area contributed by atoms with Crippen molar-refractivity contribution in [2.24, 2.45) is 0 Å². The minimum Gasteiger partial charge on any atom is -0.508 e. The highest BCUT2D eigenvalue weighted by atomic mass is 35.5. The van der Waals surface area contributed by atoms with E-state index in [9.17, 15) is 19.5 Å². The molecule has 3 aromatic carbocycles. The topological polar surface area (TPSA) is 98.2 Å². The minimum absolute atomic E-state index is 0.0241. The van der Waals surface area contributed by atoms with Crippen molar-refractivity contribution in [2.75, 3.05) is 11.4 Å². The molecule has 2 N–H and O–H groups in total. The van der Waals surface area contributed by atoms with Crippen LogP contribution in [0.4, 0.5) is 5.69 Å². The summed E-state index contributed by atoms with van der Waals surface area (Å²) in [4.78, 5) is 42.4. The number of hydrogen-bond donors (Lipinski definition) is 2. The fourth-order valence-corrected chi connectivity index (χ4v) is 4.93. The van der Waals surface area contributed by atoms with Gasteiger partial charge in [-0.2, -0.15) is 0 Å². The summed E-state index contributed by atoms with van der Waals surface area (Å²) in [6.07, 6.45) is 0.771. The highest BCUT2D eigenvalue weighted by Gasteiger charge is 2.43. The third-order valence-electron chi connectivity index (χ3n) is 6.52. The van der Waals surface area contributed by atoms with Crippen molar-refractivity contribution in [3.8, 4) is 5.75 Å². The van der Waals surface area contributed by atoms with Crippen LogP contribution in [0.5, 0.6) is 5.75 Å². The second-order valence-electron chi connectivity index (χ2n) is 8.90. The number of carbonyl (C=O) groups excluding carboxylic acids is 2. The molecule has 0 aliphatic carbocycles. The van der Waals surface area contributed by atoms with Gasteiger partial charge in [-0.15, -0.1) is 0 Å². The van der Waals surface area contributed by atoms with E-state index in [-0.39, 0.29) is 30.2 Å². The SMILES string of the molecule is C[C@H](c1ccc(Cl)cc1)N1C(=O)c2ccccc2N(CCCCC(=O)O)C(=O)C1c1ccc(Cl)cc1O. The Bertz CT molecular complexity index is 1330. The molecule has 0 fully saturated rings. The van der Waals surface area contributed by atoms with Crippen molar-refractivity contribution in [1.29, 1.82) is 0 Å². The maximum absolute atomic E-state index is 14.3. The number of benzene rings is 3. The van der Waals surface area contributed by atoms with E-state index in [2.05, 4.69) is 0 Å². The molecule has 1 aliphatic rings. The quantitative estimate of drug-likeness (QED) is 0.329. The molecule has 1 aliphatic heterocycles. The standard InChI is InChI=1S/C28H26Cl2N2O5/c1-17(18-9-11-19(29)12-10-18)32-26(22-14-13-20(30)16-24(22)33)28(37)31(15-5-4-8-25(34)35)23-7-3-2-6-21(23)27(32)36/h2-3,6-7,9-14,16-17,26,33H,4-5,8,15H2,1H3,(H,34,35)/t17-,26?/m1/s1. The normalized spacial score (nSPS) is 16.4. The average Bonchev–Trinajstić information content (AvgIpc) is 2.95. The second kappa shape index (κ2) is 11.2. The van der Waals surface area contributed by atoms with Crippen LogP contribution in [0.3, 0.4) is 0 Å². The molecule has 0 radical (unpaired) electrons. The molecule has 7 nitrogen and oxygen atoms in total. The summed E-state index contributed by atoms with van der Waals surface area (Å²) in [5, 5.41) is 20.7. The van der Waals surface area contributed by atoms with Crippen molar-refractivity contribution in [2.45, 2.75) is 38.3 Å². The van der Waals surface area contributed by atoms with Gasteiger partial charge in [-0.3, -0.25) is 14.4 Å². The lowest BCUT2D eigenvalue weighted by Gasteiger charge is -2.36. The first kappa shape index (κ1) is 26.5. The number of hydrogen-bond acceptors (Lipinski definition) is 4. The Hall–Kier alpha value is -3.55. The second-order valence-corrected chi connectivity index (χ2v) is 9.78. The first-order chi connectivity index (χ1) is 17.7. The number of aliphatic carboxylic acids is 1. The number of phenolic OH excluding ortho intramolecular Hbond substituents is 1. The van der Waals surface area contributed by atoms with E-state index in [4.69, 9.17) is 28.3 Å². The number of carboxylic acids is 1. The van der Waals surface area contributed by atoms with E-state index in [1.54, 1.807) is 60.7 Å². The lowest BCUT2D eigenvalue weighted by atomic mass is 9.98. The van der Waals surface area contributed by atoms with Gasteiger partial charge in [-0.25, -0.2) is 0 Å². The Morgan fingerprint density at radius 1 is 0.973 bits per heavy atom. The Labute approximate surface area is 224 Å². The van der Waals surface area contributed by atoms with Crippen LogP contribution in [-0.4, -0.2) is 39.4 Å². The Morgan fingerprint density at radius 3 is 2.32 bits per heavy atom. The molecule has 192 valence electrons. The van der Waals surface area contributed by atoms with Crippen LogP contribution in [0, 0.1) is 0 Å². The molecule has 0 saturated heterocycles. The number of fused-ring (bicyclic) bond motifs is 1. The van der Waals surface area contributed by atoms with Crippen LogP contribution in [-0.2, 0) is 9.59 Å². The molecule has 0 aromatic heterocycles. The van der Waals surface area contributed by atoms with Gasteiger partial charge in [-0.05, 0) is 61.7 Å². The van der Waals surface area contributed by atoms with Crippen LogP contribution < -0.4 is 4.90 Å². The summed E-state index contributed by atoms with van der Waals surface area (Å²) in [5.74, 6) is -1.90. The average molecular weight is 541 g/mol. The molecule has 0 bridgehead atoms. The van der Waals surface area contributed by atoms with Gasteiger partial charge in [0.05, 0.1) is 17.3 Å². The van der Waals surface area contributed by atoms with Gasteiger partial charge in [0.2, 0.25) is 0 Å². The molecule has 4 rings (SSSR count). The number of para-hydroxylation sites is 1. The monoisotopic (exact) mass is 540 g/mol. The third-order valence-corrected chi connectivity index (χ3v) is 7.00. The van der Waals surface area contributed by atoms with Crippen LogP contribution in [0.1, 0.15) is 59.8 Å². The zero-order chi connectivity index (χ0) is 26.7. The lowest BCUT2D eigenvalue weighted by Crippen LogP contribution is -2.44. The number of phenols is 1. The molecule has 9 heteroatoms. The third kappa shape index (κ3) is 5.58. The predicted molar refractivity (Wildman–Crippen MR) is 142 cm³/mol. The van der Waals surface area contributed by atoms with E-state index in [1.807, 2.05) is 6.92 Å². The van der Waals surface area contributed by atoms with Crippen molar-refractivity contribution in [3.05, 3.63) is 93.5 Å². The van der Waals surface area contributed by atoms with Crippen molar-refractivity contribution >= 4 is 46.7 Å². The van der Waals surface area contributed by atoms with Crippen molar-refractivity contribution < 1.29 is 24.6 Å². The number of carbonyl (C=O) groups is 3. The summed E-state index contributed by atoms with van der Waals surface area (Å²) in [7, 11) is 0. The smallest absolute Gasteiger partial charge is 0.303 e. The highest BCUT2D eigenvalue weighted by molar-refractivity contribution is 6.31. The van der Waals surface area contributed by atoms with Gasteiger partial charge in [0, 0.05) is 28.6 Å². The Kier molecular flexibility index (Phi) is 8.05. The summed E-state index contributed by atoms with van der Waals surface area (Å²) in [5.41, 5.74) is 1.78. The van der Waals surface area contributed by atoms with Crippen LogP contribution in [0.25, 0.3) is 0 Å². The van der Waals surface area contributed by atoms with E-state index >= 15 is 0 Å². The summed E-state index contributed by atoms with van der Waals surface area (Å²) < 4.78 is 0. The first-order valence-electron chi connectivity index (χ1n) is 11.9. The molecule has 2 atom stereocenters. The van der Waals surface area contributed by atoms with Gasteiger partial charge < -0.3 is 20.0 Å². The number of amides is 2. The van der Waals surface area contributed by atoms with Gasteiger partial charge in [0.1, 0.15) is 11.8 Å². The van der Waals surface area contributed by atoms with Gasteiger partial charge in [0.25, 0.3) is 11.8 Å². The number of carboxylic acid groups (broad SMARTS) is 1. The molecule has 37 heavy (non-hydrogen) atoms. The molecular formula is C28H26Cl2N2O5. The van der Waals surface area contributed by atoms with E-state index in [1.165, 1.54) is 15.9 Å².